The maximum absolute atomic E-state index is 11.7. The van der Waals surface area contributed by atoms with E-state index in [2.05, 4.69) is 20.0 Å². The maximum Gasteiger partial charge on any atom is 0.438 e. The summed E-state index contributed by atoms with van der Waals surface area (Å²) < 4.78 is 9.57. The lowest BCUT2D eigenvalue weighted by Crippen LogP contribution is -2.29. The first kappa shape index (κ1) is 10.5. The van der Waals surface area contributed by atoms with Crippen LogP contribution in [0.2, 0.25) is 0 Å². The third-order valence-electron chi connectivity index (χ3n) is 3.40. The van der Waals surface area contributed by atoms with Gasteiger partial charge in [-0.25, -0.2) is 4.79 Å². The maximum atomic E-state index is 11.7. The van der Waals surface area contributed by atoms with Crippen molar-refractivity contribution in [3.8, 4) is 0 Å². The number of rotatable bonds is 4. The van der Waals surface area contributed by atoms with Crippen molar-refractivity contribution >= 4 is 5.91 Å². The van der Waals surface area contributed by atoms with Crippen molar-refractivity contribution in [2.45, 2.75) is 6.42 Å². The molecule has 1 aliphatic carbocycles. The van der Waals surface area contributed by atoms with E-state index in [9.17, 15) is 9.59 Å². The average molecular weight is 239 g/mol. The van der Waals surface area contributed by atoms with Crippen LogP contribution in [0.5, 0.6) is 0 Å². The standard InChI is InChI=1S/C10H13N3O4/c14-9(8-5-3-16-4-6(5)8)11-2-1-7-12-10(15)17-13-7/h5-6,8H,1-4H2,(H,11,14)(H,12,13,15)/t5-,6+,8?. The summed E-state index contributed by atoms with van der Waals surface area (Å²) in [6.07, 6.45) is 0.468. The Morgan fingerprint density at radius 3 is 2.88 bits per heavy atom. The van der Waals surface area contributed by atoms with E-state index in [4.69, 9.17) is 4.74 Å². The van der Waals surface area contributed by atoms with Crippen molar-refractivity contribution < 1.29 is 14.1 Å². The Hall–Kier alpha value is -1.63. The number of aromatic amines is 1. The third kappa shape index (κ3) is 1.97. The van der Waals surface area contributed by atoms with Gasteiger partial charge in [0.15, 0.2) is 5.82 Å². The van der Waals surface area contributed by atoms with Crippen LogP contribution in [0.1, 0.15) is 5.82 Å². The Morgan fingerprint density at radius 2 is 2.24 bits per heavy atom. The molecule has 1 saturated carbocycles. The van der Waals surface area contributed by atoms with Gasteiger partial charge in [-0.15, -0.1) is 0 Å². The normalized spacial score (nSPS) is 30.0. The second-order valence-electron chi connectivity index (χ2n) is 4.47. The highest BCUT2D eigenvalue weighted by Crippen LogP contribution is 2.50. The molecule has 1 aromatic heterocycles. The monoisotopic (exact) mass is 239 g/mol. The van der Waals surface area contributed by atoms with E-state index >= 15 is 0 Å². The Labute approximate surface area is 96.5 Å². The molecular weight excluding hydrogens is 226 g/mol. The number of carbonyl (C=O) groups excluding carboxylic acids is 1. The summed E-state index contributed by atoms with van der Waals surface area (Å²) in [6.45, 7) is 1.87. The number of nitrogens with one attached hydrogen (secondary N) is 2. The quantitative estimate of drug-likeness (QED) is 0.696. The molecule has 0 aromatic carbocycles. The van der Waals surface area contributed by atoms with Gasteiger partial charge in [-0.3, -0.25) is 14.3 Å². The number of hydrogen-bond acceptors (Lipinski definition) is 5. The third-order valence-corrected chi connectivity index (χ3v) is 3.40. The SMILES string of the molecule is O=C(NCCc1noc(=O)[nH]1)C1[C@H]2COC[C@@H]12. The van der Waals surface area contributed by atoms with Crippen LogP contribution >= 0.6 is 0 Å². The van der Waals surface area contributed by atoms with Gasteiger partial charge in [0.05, 0.1) is 13.2 Å². The van der Waals surface area contributed by atoms with Gasteiger partial charge in [-0.05, 0) is 11.8 Å². The minimum absolute atomic E-state index is 0.0779. The van der Waals surface area contributed by atoms with E-state index in [1.54, 1.807) is 0 Å². The summed E-state index contributed by atoms with van der Waals surface area (Å²) in [4.78, 5) is 24.8. The highest BCUT2D eigenvalue weighted by atomic mass is 16.5. The van der Waals surface area contributed by atoms with Crippen molar-refractivity contribution in [1.29, 1.82) is 0 Å². The zero-order chi connectivity index (χ0) is 11.8. The molecule has 1 saturated heterocycles. The summed E-state index contributed by atoms with van der Waals surface area (Å²) in [7, 11) is 0. The van der Waals surface area contributed by atoms with Crippen molar-refractivity contribution in [3.05, 3.63) is 16.4 Å². The van der Waals surface area contributed by atoms with Gasteiger partial charge in [0.25, 0.3) is 0 Å². The molecule has 0 bridgehead atoms. The molecule has 1 aliphatic heterocycles. The van der Waals surface area contributed by atoms with E-state index in [-0.39, 0.29) is 11.8 Å². The molecule has 2 fully saturated rings. The van der Waals surface area contributed by atoms with Crippen molar-refractivity contribution in [3.63, 3.8) is 0 Å². The van der Waals surface area contributed by atoms with Crippen LogP contribution in [0.3, 0.4) is 0 Å². The molecule has 2 aliphatic rings. The van der Waals surface area contributed by atoms with E-state index in [0.717, 1.165) is 0 Å². The number of carbonyl (C=O) groups is 1. The van der Waals surface area contributed by atoms with Gasteiger partial charge in [0.1, 0.15) is 0 Å². The number of aromatic nitrogens is 2. The van der Waals surface area contributed by atoms with Gasteiger partial charge >= 0.3 is 5.76 Å². The summed E-state index contributed by atoms with van der Waals surface area (Å²) in [5.74, 6) is 0.924. The van der Waals surface area contributed by atoms with Gasteiger partial charge in [0.2, 0.25) is 5.91 Å². The van der Waals surface area contributed by atoms with E-state index in [0.29, 0.717) is 43.8 Å². The predicted molar refractivity (Wildman–Crippen MR) is 55.1 cm³/mol. The highest BCUT2D eigenvalue weighted by molar-refractivity contribution is 5.82. The van der Waals surface area contributed by atoms with Crippen LogP contribution < -0.4 is 11.1 Å². The first-order chi connectivity index (χ1) is 8.25. The molecule has 3 rings (SSSR count). The number of ether oxygens (including phenoxy) is 1. The Kier molecular flexibility index (Phi) is 2.47. The number of amides is 1. The molecule has 1 unspecified atom stereocenters. The number of H-pyrrole nitrogens is 1. The first-order valence-electron chi connectivity index (χ1n) is 5.66. The number of nitrogens with zero attached hydrogens (tertiary/aromatic N) is 1. The lowest BCUT2D eigenvalue weighted by atomic mass is 10.3. The van der Waals surface area contributed by atoms with Crippen LogP contribution in [0, 0.1) is 17.8 Å². The van der Waals surface area contributed by atoms with Crippen LogP contribution in [0.4, 0.5) is 0 Å². The van der Waals surface area contributed by atoms with Crippen molar-refractivity contribution in [2.75, 3.05) is 19.8 Å². The van der Waals surface area contributed by atoms with Gasteiger partial charge in [-0.1, -0.05) is 5.16 Å². The Balaban J connectivity index is 1.43. The molecule has 3 atom stereocenters. The molecule has 1 aromatic rings. The van der Waals surface area contributed by atoms with Crippen molar-refractivity contribution in [2.24, 2.45) is 17.8 Å². The minimum atomic E-state index is -0.569. The molecule has 0 spiro atoms. The zero-order valence-electron chi connectivity index (χ0n) is 9.14. The van der Waals surface area contributed by atoms with Crippen LogP contribution in [0.15, 0.2) is 9.32 Å². The fourth-order valence-electron chi connectivity index (χ4n) is 2.42. The van der Waals surface area contributed by atoms with Crippen LogP contribution in [-0.4, -0.2) is 35.8 Å². The molecule has 7 heteroatoms. The minimum Gasteiger partial charge on any atom is -0.381 e. The first-order valence-corrected chi connectivity index (χ1v) is 5.66. The molecular formula is C10H13N3O4. The average Bonchev–Trinajstić information content (AvgIpc) is 2.67. The van der Waals surface area contributed by atoms with Crippen molar-refractivity contribution in [1.82, 2.24) is 15.5 Å². The molecule has 1 amide bonds. The lowest BCUT2D eigenvalue weighted by molar-refractivity contribution is -0.123. The second kappa shape index (κ2) is 3.99. The molecule has 2 N–H and O–H groups in total. The summed E-state index contributed by atoms with van der Waals surface area (Å²) in [6, 6.07) is 0. The van der Waals surface area contributed by atoms with E-state index in [1.165, 1.54) is 0 Å². The number of hydrogen-bond donors (Lipinski definition) is 2. The van der Waals surface area contributed by atoms with Gasteiger partial charge < -0.3 is 10.1 Å². The van der Waals surface area contributed by atoms with Gasteiger partial charge in [0, 0.05) is 18.9 Å². The molecule has 0 radical (unpaired) electrons. The predicted octanol–water partition coefficient (Wildman–Crippen LogP) is -1.09. The smallest absolute Gasteiger partial charge is 0.381 e. The van der Waals surface area contributed by atoms with E-state index in [1.807, 2.05) is 0 Å². The fraction of sp³-hybridized carbons (Fsp3) is 0.700. The highest BCUT2D eigenvalue weighted by Gasteiger charge is 2.57. The molecule has 7 nitrogen and oxygen atoms in total. The summed E-state index contributed by atoms with van der Waals surface area (Å²) in [5, 5.41) is 6.35. The van der Waals surface area contributed by atoms with Crippen LogP contribution in [0.25, 0.3) is 0 Å². The van der Waals surface area contributed by atoms with Gasteiger partial charge in [-0.2, -0.15) is 0 Å². The molecule has 2 heterocycles. The fourth-order valence-corrected chi connectivity index (χ4v) is 2.42. The molecule has 92 valence electrons. The number of fused-ring (bicyclic) bond motifs is 1. The lowest BCUT2D eigenvalue weighted by Gasteiger charge is -2.05. The largest absolute Gasteiger partial charge is 0.438 e. The Morgan fingerprint density at radius 1 is 1.47 bits per heavy atom. The van der Waals surface area contributed by atoms with E-state index < -0.39 is 5.76 Å². The zero-order valence-corrected chi connectivity index (χ0v) is 9.14. The summed E-state index contributed by atoms with van der Waals surface area (Å²) in [5.41, 5.74) is 0. The second-order valence-corrected chi connectivity index (χ2v) is 4.47. The Bertz CT molecular complexity index is 470. The van der Waals surface area contributed by atoms with Crippen LogP contribution in [-0.2, 0) is 16.0 Å². The summed E-state index contributed by atoms with van der Waals surface area (Å²) >= 11 is 0. The molecule has 17 heavy (non-hydrogen) atoms. The topological polar surface area (TPSA) is 97.2 Å².